The van der Waals surface area contributed by atoms with Gasteiger partial charge in [-0.2, -0.15) is 0 Å². The highest BCUT2D eigenvalue weighted by molar-refractivity contribution is 5.93. The Bertz CT molecular complexity index is 1030. The smallest absolute Gasteiger partial charge is 0.273 e. The number of rotatable bonds is 6. The standard InChI is InChI=1S/C24H26FN3O2/c1-28(2)22(17-9-11-20(25)12-10-17)15-26-24(29)21-14-23(30-27-21)19-8-7-16-5-3-4-6-18(16)13-19/h7-14,22H,3-6,15H2,1-2H3,(H,26,29). The van der Waals surface area contributed by atoms with E-state index in [0.29, 0.717) is 12.3 Å². The maximum Gasteiger partial charge on any atom is 0.273 e. The maximum atomic E-state index is 13.2. The highest BCUT2D eigenvalue weighted by Gasteiger charge is 2.19. The summed E-state index contributed by atoms with van der Waals surface area (Å²) in [6.07, 6.45) is 4.66. The van der Waals surface area contributed by atoms with Gasteiger partial charge in [0.05, 0.1) is 6.04 Å². The van der Waals surface area contributed by atoms with E-state index in [-0.39, 0.29) is 23.5 Å². The first-order valence-corrected chi connectivity index (χ1v) is 10.3. The predicted octanol–water partition coefficient (Wildman–Crippen LogP) is 4.39. The summed E-state index contributed by atoms with van der Waals surface area (Å²) in [5.41, 5.74) is 4.88. The fourth-order valence-corrected chi connectivity index (χ4v) is 3.97. The van der Waals surface area contributed by atoms with Crippen LogP contribution in [0.15, 0.2) is 53.1 Å². The van der Waals surface area contributed by atoms with Gasteiger partial charge in [0.1, 0.15) is 5.82 Å². The Kier molecular flexibility index (Phi) is 5.95. The second-order valence-corrected chi connectivity index (χ2v) is 8.01. The summed E-state index contributed by atoms with van der Waals surface area (Å²) in [5, 5.41) is 6.87. The molecule has 1 unspecified atom stereocenters. The van der Waals surface area contributed by atoms with E-state index in [0.717, 1.165) is 24.0 Å². The molecule has 0 bridgehead atoms. The van der Waals surface area contributed by atoms with E-state index in [2.05, 4.69) is 22.6 Å². The molecule has 1 aromatic heterocycles. The fraction of sp³-hybridized carbons (Fsp3) is 0.333. The zero-order valence-electron chi connectivity index (χ0n) is 17.3. The van der Waals surface area contributed by atoms with Crippen molar-refractivity contribution in [2.24, 2.45) is 0 Å². The maximum absolute atomic E-state index is 13.2. The van der Waals surface area contributed by atoms with Crippen LogP contribution in [0, 0.1) is 5.82 Å². The predicted molar refractivity (Wildman–Crippen MR) is 114 cm³/mol. The molecule has 1 aliphatic carbocycles. The number of hydrogen-bond donors (Lipinski definition) is 1. The molecule has 1 atom stereocenters. The first-order chi connectivity index (χ1) is 14.5. The number of likely N-dealkylation sites (N-methyl/N-ethyl adjacent to an activating group) is 1. The number of carbonyl (C=O) groups is 1. The summed E-state index contributed by atoms with van der Waals surface area (Å²) in [6, 6.07) is 14.2. The normalized spacial score (nSPS) is 14.4. The number of amides is 1. The van der Waals surface area contributed by atoms with Crippen LogP contribution in [0.25, 0.3) is 11.3 Å². The molecular weight excluding hydrogens is 381 g/mol. The second-order valence-electron chi connectivity index (χ2n) is 8.01. The highest BCUT2D eigenvalue weighted by Crippen LogP contribution is 2.28. The third kappa shape index (κ3) is 4.44. The summed E-state index contributed by atoms with van der Waals surface area (Å²) >= 11 is 0. The monoisotopic (exact) mass is 407 g/mol. The first kappa shape index (κ1) is 20.3. The van der Waals surface area contributed by atoms with E-state index in [4.69, 9.17) is 4.52 Å². The van der Waals surface area contributed by atoms with Crippen molar-refractivity contribution in [1.29, 1.82) is 0 Å². The minimum atomic E-state index is -0.295. The van der Waals surface area contributed by atoms with E-state index in [9.17, 15) is 9.18 Å². The third-order valence-electron chi connectivity index (χ3n) is 5.71. The van der Waals surface area contributed by atoms with Gasteiger partial charge in [0.15, 0.2) is 11.5 Å². The number of aryl methyl sites for hydroxylation is 2. The summed E-state index contributed by atoms with van der Waals surface area (Å²) in [6.45, 7) is 0.374. The molecule has 1 heterocycles. The molecular formula is C24H26FN3O2. The molecule has 6 heteroatoms. The topological polar surface area (TPSA) is 58.4 Å². The molecule has 5 nitrogen and oxygen atoms in total. The molecule has 30 heavy (non-hydrogen) atoms. The van der Waals surface area contributed by atoms with Crippen molar-refractivity contribution in [2.45, 2.75) is 31.7 Å². The number of nitrogens with zero attached hydrogens (tertiary/aromatic N) is 2. The molecule has 0 saturated heterocycles. The molecule has 0 spiro atoms. The van der Waals surface area contributed by atoms with Gasteiger partial charge < -0.3 is 14.7 Å². The lowest BCUT2D eigenvalue weighted by molar-refractivity contribution is 0.0933. The molecule has 0 aliphatic heterocycles. The number of benzene rings is 2. The van der Waals surface area contributed by atoms with Crippen molar-refractivity contribution in [1.82, 2.24) is 15.4 Å². The minimum absolute atomic E-state index is 0.0819. The summed E-state index contributed by atoms with van der Waals surface area (Å²) in [4.78, 5) is 14.6. The Labute approximate surface area is 175 Å². The van der Waals surface area contributed by atoms with Gasteiger partial charge in [0.2, 0.25) is 0 Å². The van der Waals surface area contributed by atoms with E-state index < -0.39 is 0 Å². The van der Waals surface area contributed by atoms with Gasteiger partial charge in [-0.15, -0.1) is 0 Å². The van der Waals surface area contributed by atoms with Gasteiger partial charge in [-0.1, -0.05) is 29.4 Å². The van der Waals surface area contributed by atoms with Crippen molar-refractivity contribution >= 4 is 5.91 Å². The zero-order valence-corrected chi connectivity index (χ0v) is 17.3. The third-order valence-corrected chi connectivity index (χ3v) is 5.71. The summed E-state index contributed by atoms with van der Waals surface area (Å²) < 4.78 is 18.7. The largest absolute Gasteiger partial charge is 0.355 e. The van der Waals surface area contributed by atoms with E-state index in [1.54, 1.807) is 18.2 Å². The zero-order chi connectivity index (χ0) is 21.1. The van der Waals surface area contributed by atoms with Crippen LogP contribution in [0.5, 0.6) is 0 Å². The first-order valence-electron chi connectivity index (χ1n) is 10.3. The number of aromatic nitrogens is 1. The Morgan fingerprint density at radius 2 is 1.83 bits per heavy atom. The molecule has 0 saturated carbocycles. The van der Waals surface area contributed by atoms with Gasteiger partial charge in [0.25, 0.3) is 5.91 Å². The van der Waals surface area contributed by atoms with E-state index in [1.807, 2.05) is 25.1 Å². The van der Waals surface area contributed by atoms with Crippen LogP contribution in [0.4, 0.5) is 4.39 Å². The summed E-state index contributed by atoms with van der Waals surface area (Å²) in [5.74, 6) is 0.0192. The molecule has 0 radical (unpaired) electrons. The average Bonchev–Trinajstić information content (AvgIpc) is 3.25. The van der Waals surface area contributed by atoms with Crippen LogP contribution >= 0.6 is 0 Å². The average molecular weight is 407 g/mol. The Hall–Kier alpha value is -2.99. The van der Waals surface area contributed by atoms with Crippen LogP contribution in [0.3, 0.4) is 0 Å². The molecule has 1 N–H and O–H groups in total. The van der Waals surface area contributed by atoms with Crippen molar-refractivity contribution < 1.29 is 13.7 Å². The van der Waals surface area contributed by atoms with Gasteiger partial charge in [0, 0.05) is 18.2 Å². The number of carbonyl (C=O) groups excluding carboxylic acids is 1. The fourth-order valence-electron chi connectivity index (χ4n) is 3.97. The van der Waals surface area contributed by atoms with Gasteiger partial charge >= 0.3 is 0 Å². The number of hydrogen-bond acceptors (Lipinski definition) is 4. The van der Waals surface area contributed by atoms with E-state index in [1.165, 1.54) is 36.1 Å². The van der Waals surface area contributed by atoms with Crippen LogP contribution in [-0.4, -0.2) is 36.6 Å². The minimum Gasteiger partial charge on any atom is -0.355 e. The molecule has 3 aromatic rings. The molecule has 1 aliphatic rings. The van der Waals surface area contributed by atoms with Crippen molar-refractivity contribution in [3.05, 3.63) is 76.7 Å². The summed E-state index contributed by atoms with van der Waals surface area (Å²) in [7, 11) is 3.84. The molecule has 2 aromatic carbocycles. The second kappa shape index (κ2) is 8.79. The van der Waals surface area contributed by atoms with Crippen LogP contribution in [0.2, 0.25) is 0 Å². The quantitative estimate of drug-likeness (QED) is 0.658. The van der Waals surface area contributed by atoms with Gasteiger partial charge in [-0.05, 0) is 74.7 Å². The molecule has 156 valence electrons. The van der Waals surface area contributed by atoms with Crippen molar-refractivity contribution in [3.8, 4) is 11.3 Å². The van der Waals surface area contributed by atoms with Gasteiger partial charge in [-0.25, -0.2) is 4.39 Å². The highest BCUT2D eigenvalue weighted by atomic mass is 19.1. The molecule has 0 fully saturated rings. The number of nitrogens with one attached hydrogen (secondary N) is 1. The molecule has 4 rings (SSSR count). The lowest BCUT2D eigenvalue weighted by atomic mass is 9.90. The van der Waals surface area contributed by atoms with E-state index >= 15 is 0 Å². The lowest BCUT2D eigenvalue weighted by Gasteiger charge is -2.25. The number of halogens is 1. The SMILES string of the molecule is CN(C)C(CNC(=O)c1cc(-c2ccc3c(c2)CCCC3)on1)c1ccc(F)cc1. The van der Waals surface area contributed by atoms with Crippen LogP contribution in [-0.2, 0) is 12.8 Å². The Morgan fingerprint density at radius 1 is 1.10 bits per heavy atom. The van der Waals surface area contributed by atoms with Crippen molar-refractivity contribution in [3.63, 3.8) is 0 Å². The Morgan fingerprint density at radius 3 is 2.57 bits per heavy atom. The van der Waals surface area contributed by atoms with Crippen molar-refractivity contribution in [2.75, 3.05) is 20.6 Å². The molecule has 1 amide bonds. The van der Waals surface area contributed by atoms with Crippen LogP contribution in [0.1, 0.15) is 46.1 Å². The van der Waals surface area contributed by atoms with Crippen LogP contribution < -0.4 is 5.32 Å². The lowest BCUT2D eigenvalue weighted by Crippen LogP contribution is -2.34. The number of fused-ring (bicyclic) bond motifs is 1. The Balaban J connectivity index is 1.44. The van der Waals surface area contributed by atoms with Gasteiger partial charge in [-0.3, -0.25) is 4.79 Å².